The summed E-state index contributed by atoms with van der Waals surface area (Å²) >= 11 is 0. The van der Waals surface area contributed by atoms with Crippen LogP contribution in [0.2, 0.25) is 0 Å². The summed E-state index contributed by atoms with van der Waals surface area (Å²) in [4.78, 5) is 14.0. The molecule has 2 rings (SSSR count). The Kier molecular flexibility index (Phi) is 4.80. The maximum absolute atomic E-state index is 12.1. The molecule has 1 amide bonds. The van der Waals surface area contributed by atoms with Gasteiger partial charge in [0.2, 0.25) is 5.91 Å². The van der Waals surface area contributed by atoms with Crippen molar-refractivity contribution in [3.63, 3.8) is 0 Å². The molecule has 1 aliphatic rings. The Balaban J connectivity index is 1.81. The van der Waals surface area contributed by atoms with Gasteiger partial charge in [0.05, 0.1) is 0 Å². The van der Waals surface area contributed by atoms with Crippen LogP contribution in [0.1, 0.15) is 44.1 Å². The van der Waals surface area contributed by atoms with E-state index >= 15 is 0 Å². The lowest BCUT2D eigenvalue weighted by atomic mass is 9.86. The second-order valence-electron chi connectivity index (χ2n) is 5.44. The molecule has 0 heterocycles. The standard InChI is InChI=1S/C16H23NO/c1-17(13-15-10-6-3-7-11-15)16(18)12-14-8-4-2-5-9-14/h3,6-7,10-11,14H,2,4-5,8-9,12-13H2,1H3. The molecular formula is C16H23NO. The summed E-state index contributed by atoms with van der Waals surface area (Å²) in [5.74, 6) is 0.926. The van der Waals surface area contributed by atoms with Crippen LogP contribution in [0.15, 0.2) is 30.3 Å². The highest BCUT2D eigenvalue weighted by molar-refractivity contribution is 5.76. The molecule has 0 N–H and O–H groups in total. The van der Waals surface area contributed by atoms with Gasteiger partial charge in [-0.25, -0.2) is 0 Å². The second kappa shape index (κ2) is 6.58. The molecule has 1 aliphatic carbocycles. The summed E-state index contributed by atoms with van der Waals surface area (Å²) in [5.41, 5.74) is 1.21. The van der Waals surface area contributed by atoms with Gasteiger partial charge in [0.15, 0.2) is 0 Å². The van der Waals surface area contributed by atoms with E-state index in [1.807, 2.05) is 30.1 Å². The Hall–Kier alpha value is -1.31. The molecule has 18 heavy (non-hydrogen) atoms. The maximum atomic E-state index is 12.1. The van der Waals surface area contributed by atoms with Crippen molar-refractivity contribution >= 4 is 5.91 Å². The third kappa shape index (κ3) is 3.86. The maximum Gasteiger partial charge on any atom is 0.222 e. The van der Waals surface area contributed by atoms with Crippen LogP contribution < -0.4 is 0 Å². The molecule has 1 fully saturated rings. The quantitative estimate of drug-likeness (QED) is 0.793. The molecular weight excluding hydrogens is 222 g/mol. The van der Waals surface area contributed by atoms with E-state index in [1.54, 1.807) is 0 Å². The van der Waals surface area contributed by atoms with Gasteiger partial charge < -0.3 is 4.90 Å². The predicted molar refractivity (Wildman–Crippen MR) is 74.1 cm³/mol. The first-order valence-corrected chi connectivity index (χ1v) is 7.03. The van der Waals surface area contributed by atoms with Gasteiger partial charge in [-0.15, -0.1) is 0 Å². The first-order chi connectivity index (χ1) is 8.75. The van der Waals surface area contributed by atoms with E-state index in [4.69, 9.17) is 0 Å². The number of benzene rings is 1. The zero-order valence-corrected chi connectivity index (χ0v) is 11.3. The number of carbonyl (C=O) groups is 1. The summed E-state index contributed by atoms with van der Waals surface area (Å²) < 4.78 is 0. The number of amides is 1. The molecule has 0 atom stereocenters. The van der Waals surface area contributed by atoms with Crippen LogP contribution >= 0.6 is 0 Å². The van der Waals surface area contributed by atoms with Gasteiger partial charge in [-0.05, 0) is 24.3 Å². The molecule has 0 spiro atoms. The molecule has 0 aromatic heterocycles. The number of nitrogens with zero attached hydrogens (tertiary/aromatic N) is 1. The number of rotatable bonds is 4. The zero-order chi connectivity index (χ0) is 12.8. The van der Waals surface area contributed by atoms with Crippen molar-refractivity contribution < 1.29 is 4.79 Å². The van der Waals surface area contributed by atoms with E-state index < -0.39 is 0 Å². The van der Waals surface area contributed by atoms with E-state index in [2.05, 4.69) is 12.1 Å². The molecule has 1 aromatic carbocycles. The Bertz CT molecular complexity index is 368. The summed E-state index contributed by atoms with van der Waals surface area (Å²) in [6.07, 6.45) is 7.18. The van der Waals surface area contributed by atoms with Gasteiger partial charge in [0, 0.05) is 20.0 Å². The minimum absolute atomic E-state index is 0.297. The van der Waals surface area contributed by atoms with E-state index in [-0.39, 0.29) is 0 Å². The largest absolute Gasteiger partial charge is 0.341 e. The molecule has 1 aromatic rings. The van der Waals surface area contributed by atoms with E-state index in [0.717, 1.165) is 13.0 Å². The molecule has 1 saturated carbocycles. The summed E-state index contributed by atoms with van der Waals surface area (Å²) in [7, 11) is 1.91. The van der Waals surface area contributed by atoms with Gasteiger partial charge in [0.1, 0.15) is 0 Å². The minimum atomic E-state index is 0.297. The van der Waals surface area contributed by atoms with Gasteiger partial charge in [-0.3, -0.25) is 4.79 Å². The SMILES string of the molecule is CN(Cc1ccccc1)C(=O)CC1CCCCC1. The zero-order valence-electron chi connectivity index (χ0n) is 11.3. The molecule has 2 nitrogen and oxygen atoms in total. The Labute approximate surface area is 110 Å². The third-order valence-electron chi connectivity index (χ3n) is 3.88. The smallest absolute Gasteiger partial charge is 0.222 e. The Morgan fingerprint density at radius 3 is 2.50 bits per heavy atom. The fourth-order valence-electron chi connectivity index (χ4n) is 2.74. The van der Waals surface area contributed by atoms with Crippen LogP contribution in [-0.4, -0.2) is 17.9 Å². The molecule has 0 radical (unpaired) electrons. The monoisotopic (exact) mass is 245 g/mol. The molecule has 0 bridgehead atoms. The lowest BCUT2D eigenvalue weighted by Crippen LogP contribution is -2.28. The Morgan fingerprint density at radius 1 is 1.17 bits per heavy atom. The first-order valence-electron chi connectivity index (χ1n) is 7.03. The van der Waals surface area contributed by atoms with Crippen molar-refractivity contribution in [2.24, 2.45) is 5.92 Å². The van der Waals surface area contributed by atoms with E-state index in [9.17, 15) is 4.79 Å². The van der Waals surface area contributed by atoms with Crippen LogP contribution in [0.3, 0.4) is 0 Å². The third-order valence-corrected chi connectivity index (χ3v) is 3.88. The van der Waals surface area contributed by atoms with Gasteiger partial charge in [-0.1, -0.05) is 49.6 Å². The van der Waals surface area contributed by atoms with Crippen LogP contribution in [0.25, 0.3) is 0 Å². The molecule has 98 valence electrons. The van der Waals surface area contributed by atoms with Gasteiger partial charge >= 0.3 is 0 Å². The van der Waals surface area contributed by atoms with Crippen molar-refractivity contribution in [2.75, 3.05) is 7.05 Å². The fraction of sp³-hybridized carbons (Fsp3) is 0.562. The van der Waals surface area contributed by atoms with Crippen molar-refractivity contribution in [3.05, 3.63) is 35.9 Å². The number of hydrogen-bond acceptors (Lipinski definition) is 1. The summed E-state index contributed by atoms with van der Waals surface area (Å²) in [6, 6.07) is 10.2. The van der Waals surface area contributed by atoms with E-state index in [1.165, 1.54) is 37.7 Å². The van der Waals surface area contributed by atoms with Crippen LogP contribution in [-0.2, 0) is 11.3 Å². The normalized spacial score (nSPS) is 16.5. The topological polar surface area (TPSA) is 20.3 Å². The Morgan fingerprint density at radius 2 is 1.83 bits per heavy atom. The number of hydrogen-bond donors (Lipinski definition) is 0. The molecule has 0 saturated heterocycles. The average molecular weight is 245 g/mol. The average Bonchev–Trinajstić information content (AvgIpc) is 2.41. The van der Waals surface area contributed by atoms with Gasteiger partial charge in [-0.2, -0.15) is 0 Å². The van der Waals surface area contributed by atoms with Crippen LogP contribution in [0.5, 0.6) is 0 Å². The fourth-order valence-corrected chi connectivity index (χ4v) is 2.74. The van der Waals surface area contributed by atoms with Crippen molar-refractivity contribution in [2.45, 2.75) is 45.1 Å². The lowest BCUT2D eigenvalue weighted by molar-refractivity contribution is -0.131. The van der Waals surface area contributed by atoms with Crippen molar-refractivity contribution in [1.82, 2.24) is 4.90 Å². The minimum Gasteiger partial charge on any atom is -0.341 e. The highest BCUT2D eigenvalue weighted by Gasteiger charge is 2.19. The molecule has 0 unspecified atom stereocenters. The first kappa shape index (κ1) is 13.1. The van der Waals surface area contributed by atoms with E-state index in [0.29, 0.717) is 11.8 Å². The molecule has 2 heteroatoms. The van der Waals surface area contributed by atoms with Crippen molar-refractivity contribution in [3.8, 4) is 0 Å². The van der Waals surface area contributed by atoms with Crippen LogP contribution in [0, 0.1) is 5.92 Å². The summed E-state index contributed by atoms with van der Waals surface area (Å²) in [6.45, 7) is 0.729. The van der Waals surface area contributed by atoms with Crippen molar-refractivity contribution in [1.29, 1.82) is 0 Å². The molecule has 0 aliphatic heterocycles. The lowest BCUT2D eigenvalue weighted by Gasteiger charge is -2.24. The van der Waals surface area contributed by atoms with Gasteiger partial charge in [0.25, 0.3) is 0 Å². The highest BCUT2D eigenvalue weighted by Crippen LogP contribution is 2.26. The second-order valence-corrected chi connectivity index (χ2v) is 5.44. The predicted octanol–water partition coefficient (Wildman–Crippen LogP) is 3.62. The highest BCUT2D eigenvalue weighted by atomic mass is 16.2. The number of carbonyl (C=O) groups excluding carboxylic acids is 1. The summed E-state index contributed by atoms with van der Waals surface area (Å²) in [5, 5.41) is 0. The van der Waals surface area contributed by atoms with Crippen LogP contribution in [0.4, 0.5) is 0 Å².